The standard InChI is InChI=1S/C15H19NO3/c1-9-3-6-13(10(2)7-9)16-14(17)11-4-5-12(8-11)15(18)19/h3,6-7,11-12H,4-5,8H2,1-2H3,(H,16,17)(H,18,19)/t11-,12+/m1/s1. The van der Waals surface area contributed by atoms with E-state index >= 15 is 0 Å². The molecule has 1 fully saturated rings. The normalized spacial score (nSPS) is 22.2. The van der Waals surface area contributed by atoms with Gasteiger partial charge in [-0.05, 0) is 44.7 Å². The van der Waals surface area contributed by atoms with Crippen LogP contribution >= 0.6 is 0 Å². The Bertz CT molecular complexity index is 510. The van der Waals surface area contributed by atoms with Gasteiger partial charge in [0.2, 0.25) is 5.91 Å². The molecule has 102 valence electrons. The number of carbonyl (C=O) groups excluding carboxylic acids is 1. The Labute approximate surface area is 112 Å². The molecular formula is C15H19NO3. The predicted octanol–water partition coefficient (Wildman–Crippen LogP) is 2.74. The first kappa shape index (κ1) is 13.6. The summed E-state index contributed by atoms with van der Waals surface area (Å²) in [7, 11) is 0. The van der Waals surface area contributed by atoms with Crippen LogP contribution in [0.5, 0.6) is 0 Å². The van der Waals surface area contributed by atoms with Gasteiger partial charge in [-0.15, -0.1) is 0 Å². The fourth-order valence-electron chi connectivity index (χ4n) is 2.63. The van der Waals surface area contributed by atoms with Gasteiger partial charge in [0.15, 0.2) is 0 Å². The molecule has 1 saturated carbocycles. The Balaban J connectivity index is 2.00. The summed E-state index contributed by atoms with van der Waals surface area (Å²) < 4.78 is 0. The summed E-state index contributed by atoms with van der Waals surface area (Å²) in [6, 6.07) is 5.87. The molecule has 0 heterocycles. The minimum atomic E-state index is -0.790. The third-order valence-corrected chi connectivity index (χ3v) is 3.79. The third kappa shape index (κ3) is 3.13. The number of carboxylic acids is 1. The summed E-state index contributed by atoms with van der Waals surface area (Å²) >= 11 is 0. The molecule has 1 aromatic carbocycles. The Hall–Kier alpha value is -1.84. The molecule has 1 amide bonds. The number of nitrogens with one attached hydrogen (secondary N) is 1. The zero-order valence-electron chi connectivity index (χ0n) is 11.3. The third-order valence-electron chi connectivity index (χ3n) is 3.79. The van der Waals surface area contributed by atoms with E-state index in [-0.39, 0.29) is 17.7 Å². The first-order chi connectivity index (χ1) is 8.97. The van der Waals surface area contributed by atoms with Gasteiger partial charge in [-0.2, -0.15) is 0 Å². The van der Waals surface area contributed by atoms with Crippen LogP contribution in [0.15, 0.2) is 18.2 Å². The number of aliphatic carboxylic acids is 1. The Morgan fingerprint density at radius 1 is 1.21 bits per heavy atom. The van der Waals surface area contributed by atoms with Crippen molar-refractivity contribution in [2.24, 2.45) is 11.8 Å². The second-order valence-corrected chi connectivity index (χ2v) is 5.35. The molecule has 2 N–H and O–H groups in total. The lowest BCUT2D eigenvalue weighted by Crippen LogP contribution is -2.22. The average molecular weight is 261 g/mol. The quantitative estimate of drug-likeness (QED) is 0.879. The molecule has 2 atom stereocenters. The van der Waals surface area contributed by atoms with Crippen molar-refractivity contribution in [2.45, 2.75) is 33.1 Å². The summed E-state index contributed by atoms with van der Waals surface area (Å²) in [5.41, 5.74) is 3.00. The van der Waals surface area contributed by atoms with Crippen molar-refractivity contribution in [3.05, 3.63) is 29.3 Å². The maximum absolute atomic E-state index is 12.1. The van der Waals surface area contributed by atoms with Crippen LogP contribution in [0.2, 0.25) is 0 Å². The molecule has 0 saturated heterocycles. The van der Waals surface area contributed by atoms with Crippen molar-refractivity contribution in [2.75, 3.05) is 5.32 Å². The van der Waals surface area contributed by atoms with Crippen LogP contribution in [0.3, 0.4) is 0 Å². The number of carbonyl (C=O) groups is 2. The zero-order chi connectivity index (χ0) is 14.0. The fraction of sp³-hybridized carbons (Fsp3) is 0.467. The first-order valence-corrected chi connectivity index (χ1v) is 6.58. The van der Waals surface area contributed by atoms with E-state index in [1.165, 1.54) is 0 Å². The lowest BCUT2D eigenvalue weighted by atomic mass is 10.0. The molecule has 0 aliphatic heterocycles. The molecular weight excluding hydrogens is 242 g/mol. The molecule has 2 rings (SSSR count). The topological polar surface area (TPSA) is 66.4 Å². The summed E-state index contributed by atoms with van der Waals surface area (Å²) in [6.07, 6.45) is 1.71. The Morgan fingerprint density at radius 3 is 2.47 bits per heavy atom. The summed E-state index contributed by atoms with van der Waals surface area (Å²) in [6.45, 7) is 3.96. The van der Waals surface area contributed by atoms with E-state index in [1.807, 2.05) is 32.0 Å². The van der Waals surface area contributed by atoms with E-state index in [0.29, 0.717) is 19.3 Å². The predicted molar refractivity (Wildman–Crippen MR) is 73.0 cm³/mol. The van der Waals surface area contributed by atoms with E-state index in [0.717, 1.165) is 16.8 Å². The fourth-order valence-corrected chi connectivity index (χ4v) is 2.63. The number of anilines is 1. The molecule has 0 aromatic heterocycles. The van der Waals surface area contributed by atoms with E-state index in [2.05, 4.69) is 5.32 Å². The highest BCUT2D eigenvalue weighted by Crippen LogP contribution is 2.32. The molecule has 0 spiro atoms. The minimum absolute atomic E-state index is 0.0595. The van der Waals surface area contributed by atoms with Crippen LogP contribution in [-0.4, -0.2) is 17.0 Å². The van der Waals surface area contributed by atoms with Gasteiger partial charge >= 0.3 is 5.97 Å². The van der Waals surface area contributed by atoms with Crippen molar-refractivity contribution in [3.63, 3.8) is 0 Å². The number of carboxylic acid groups (broad SMARTS) is 1. The number of hydrogen-bond acceptors (Lipinski definition) is 2. The first-order valence-electron chi connectivity index (χ1n) is 6.58. The van der Waals surface area contributed by atoms with Crippen molar-refractivity contribution in [1.82, 2.24) is 0 Å². The van der Waals surface area contributed by atoms with Crippen molar-refractivity contribution in [1.29, 1.82) is 0 Å². The molecule has 0 bridgehead atoms. The van der Waals surface area contributed by atoms with Crippen LogP contribution in [0, 0.1) is 25.7 Å². The minimum Gasteiger partial charge on any atom is -0.481 e. The molecule has 0 unspecified atom stereocenters. The summed E-state index contributed by atoms with van der Waals surface area (Å²) in [5.74, 6) is -1.39. The molecule has 1 aliphatic carbocycles. The maximum Gasteiger partial charge on any atom is 0.306 e. The van der Waals surface area contributed by atoms with Crippen LogP contribution in [-0.2, 0) is 9.59 Å². The molecule has 4 nitrogen and oxygen atoms in total. The monoisotopic (exact) mass is 261 g/mol. The number of rotatable bonds is 3. The van der Waals surface area contributed by atoms with Gasteiger partial charge < -0.3 is 10.4 Å². The van der Waals surface area contributed by atoms with Crippen molar-refractivity contribution in [3.8, 4) is 0 Å². The van der Waals surface area contributed by atoms with Gasteiger partial charge in [0, 0.05) is 11.6 Å². The largest absolute Gasteiger partial charge is 0.481 e. The van der Waals surface area contributed by atoms with Gasteiger partial charge in [-0.3, -0.25) is 9.59 Å². The highest BCUT2D eigenvalue weighted by molar-refractivity contribution is 5.93. The molecule has 1 aromatic rings. The molecule has 0 radical (unpaired) electrons. The summed E-state index contributed by atoms with van der Waals surface area (Å²) in [4.78, 5) is 23.0. The Morgan fingerprint density at radius 2 is 1.89 bits per heavy atom. The second-order valence-electron chi connectivity index (χ2n) is 5.35. The van der Waals surface area contributed by atoms with E-state index in [9.17, 15) is 9.59 Å². The smallest absolute Gasteiger partial charge is 0.306 e. The van der Waals surface area contributed by atoms with Gasteiger partial charge in [0.25, 0.3) is 0 Å². The van der Waals surface area contributed by atoms with Gasteiger partial charge in [-0.25, -0.2) is 0 Å². The van der Waals surface area contributed by atoms with E-state index < -0.39 is 5.97 Å². The zero-order valence-corrected chi connectivity index (χ0v) is 11.3. The highest BCUT2D eigenvalue weighted by Gasteiger charge is 2.33. The number of hydrogen-bond donors (Lipinski definition) is 2. The lowest BCUT2D eigenvalue weighted by Gasteiger charge is -2.13. The lowest BCUT2D eigenvalue weighted by molar-refractivity contribution is -0.141. The average Bonchev–Trinajstić information content (AvgIpc) is 2.82. The number of amides is 1. The van der Waals surface area contributed by atoms with Gasteiger partial charge in [-0.1, -0.05) is 17.7 Å². The van der Waals surface area contributed by atoms with E-state index in [1.54, 1.807) is 0 Å². The second kappa shape index (κ2) is 5.43. The molecule has 19 heavy (non-hydrogen) atoms. The Kier molecular flexibility index (Phi) is 3.88. The van der Waals surface area contributed by atoms with Crippen molar-refractivity contribution < 1.29 is 14.7 Å². The molecule has 1 aliphatic rings. The SMILES string of the molecule is Cc1ccc(NC(=O)[C@@H]2CC[C@H](C(=O)O)C2)c(C)c1. The van der Waals surface area contributed by atoms with Crippen LogP contribution in [0.1, 0.15) is 30.4 Å². The highest BCUT2D eigenvalue weighted by atomic mass is 16.4. The van der Waals surface area contributed by atoms with Gasteiger partial charge in [0.1, 0.15) is 0 Å². The van der Waals surface area contributed by atoms with Crippen LogP contribution < -0.4 is 5.32 Å². The molecule has 4 heteroatoms. The van der Waals surface area contributed by atoms with Crippen molar-refractivity contribution >= 4 is 17.6 Å². The maximum atomic E-state index is 12.1. The number of benzene rings is 1. The van der Waals surface area contributed by atoms with Gasteiger partial charge in [0.05, 0.1) is 5.92 Å². The van der Waals surface area contributed by atoms with Crippen LogP contribution in [0.25, 0.3) is 0 Å². The summed E-state index contributed by atoms with van der Waals surface area (Å²) in [5, 5.41) is 11.9. The van der Waals surface area contributed by atoms with E-state index in [4.69, 9.17) is 5.11 Å². The van der Waals surface area contributed by atoms with Crippen LogP contribution in [0.4, 0.5) is 5.69 Å². The number of aryl methyl sites for hydroxylation is 2.